The third-order valence-electron chi connectivity index (χ3n) is 1.76. The summed E-state index contributed by atoms with van der Waals surface area (Å²) in [6.07, 6.45) is 2.59. The fourth-order valence-corrected chi connectivity index (χ4v) is 1.27. The van der Waals surface area contributed by atoms with Crippen LogP contribution in [0.15, 0.2) is 30.3 Å². The number of halogens is 2. The number of aliphatic carboxylic acids is 1. The maximum Gasteiger partial charge on any atom is 0.329 e. The van der Waals surface area contributed by atoms with Crippen LogP contribution in [-0.4, -0.2) is 22.2 Å². The summed E-state index contributed by atoms with van der Waals surface area (Å²) in [5, 5.41) is 7.48. The zero-order valence-corrected chi connectivity index (χ0v) is 9.57. The summed E-state index contributed by atoms with van der Waals surface area (Å²) in [6, 6.07) is 6.80. The van der Waals surface area contributed by atoms with Gasteiger partial charge in [0, 0.05) is 5.02 Å². The summed E-state index contributed by atoms with van der Waals surface area (Å²) in [4.78, 5) is 21.6. The van der Waals surface area contributed by atoms with Crippen LogP contribution in [0, 0.1) is 0 Å². The summed E-state index contributed by atoms with van der Waals surface area (Å²) < 4.78 is 0. The Morgan fingerprint density at radius 2 is 2.06 bits per heavy atom. The van der Waals surface area contributed by atoms with Crippen molar-refractivity contribution < 1.29 is 14.7 Å². The van der Waals surface area contributed by atoms with Crippen molar-refractivity contribution >= 4 is 41.0 Å². The van der Waals surface area contributed by atoms with Gasteiger partial charge < -0.3 is 5.11 Å². The largest absolute Gasteiger partial charge is 0.480 e. The molecule has 16 heavy (non-hydrogen) atoms. The van der Waals surface area contributed by atoms with Gasteiger partial charge >= 0.3 is 5.97 Å². The molecule has 1 aromatic carbocycles. The molecule has 0 spiro atoms. The second kappa shape index (κ2) is 5.68. The van der Waals surface area contributed by atoms with Crippen molar-refractivity contribution in [1.82, 2.24) is 0 Å². The lowest BCUT2D eigenvalue weighted by atomic mass is 10.2. The van der Waals surface area contributed by atoms with Crippen LogP contribution in [0.2, 0.25) is 5.02 Å². The van der Waals surface area contributed by atoms with Crippen LogP contribution in [0.1, 0.15) is 5.56 Å². The van der Waals surface area contributed by atoms with Crippen molar-refractivity contribution in [3.63, 3.8) is 0 Å². The van der Waals surface area contributed by atoms with E-state index >= 15 is 0 Å². The highest BCUT2D eigenvalue weighted by Gasteiger charge is 2.20. The minimum Gasteiger partial charge on any atom is -0.480 e. The minimum atomic E-state index is -1.55. The number of carboxylic acids is 1. The lowest BCUT2D eigenvalue weighted by molar-refractivity contribution is -0.138. The predicted molar refractivity (Wildman–Crippen MR) is 62.8 cm³/mol. The molecule has 0 aromatic heterocycles. The standard InChI is InChI=1S/C11H8Cl2O3/c12-8-3-1-2-7(6-8)4-5-9(14)10(13)11(15)16/h1-6,10H,(H,15,16). The third kappa shape index (κ3) is 3.68. The average molecular weight is 259 g/mol. The Kier molecular flexibility index (Phi) is 4.52. The number of carbonyl (C=O) groups is 2. The van der Waals surface area contributed by atoms with Crippen LogP contribution < -0.4 is 0 Å². The second-order valence-electron chi connectivity index (χ2n) is 2.99. The highest BCUT2D eigenvalue weighted by molar-refractivity contribution is 6.42. The predicted octanol–water partition coefficient (Wildman–Crippen LogP) is 2.61. The van der Waals surface area contributed by atoms with Gasteiger partial charge in [-0.15, -0.1) is 11.6 Å². The number of rotatable bonds is 4. The fraction of sp³-hybridized carbons (Fsp3) is 0.0909. The van der Waals surface area contributed by atoms with Crippen molar-refractivity contribution in [1.29, 1.82) is 0 Å². The molecule has 0 fully saturated rings. The fourth-order valence-electron chi connectivity index (χ4n) is 0.995. The molecule has 0 saturated carbocycles. The monoisotopic (exact) mass is 258 g/mol. The molecule has 1 rings (SSSR count). The molecule has 1 aromatic rings. The molecule has 1 N–H and O–H groups in total. The van der Waals surface area contributed by atoms with Gasteiger partial charge in [-0.05, 0) is 23.8 Å². The third-order valence-corrected chi connectivity index (χ3v) is 2.39. The quantitative estimate of drug-likeness (QED) is 0.513. The summed E-state index contributed by atoms with van der Waals surface area (Å²) in [5.74, 6) is -2.03. The summed E-state index contributed by atoms with van der Waals surface area (Å²) in [7, 11) is 0. The number of benzene rings is 1. The first-order valence-corrected chi connectivity index (χ1v) is 5.16. The zero-order chi connectivity index (χ0) is 12.1. The molecule has 0 saturated heterocycles. The lowest BCUT2D eigenvalue weighted by Crippen LogP contribution is -2.22. The number of hydrogen-bond donors (Lipinski definition) is 1. The van der Waals surface area contributed by atoms with E-state index in [0.717, 1.165) is 6.08 Å². The number of allylic oxidation sites excluding steroid dienone is 1. The van der Waals surface area contributed by atoms with Crippen LogP contribution in [0.3, 0.4) is 0 Å². The van der Waals surface area contributed by atoms with Crippen molar-refractivity contribution in [2.24, 2.45) is 0 Å². The van der Waals surface area contributed by atoms with Gasteiger partial charge in [0.05, 0.1) is 0 Å². The van der Waals surface area contributed by atoms with Crippen LogP contribution in [-0.2, 0) is 9.59 Å². The van der Waals surface area contributed by atoms with Crippen molar-refractivity contribution in [3.05, 3.63) is 40.9 Å². The van der Waals surface area contributed by atoms with E-state index in [4.69, 9.17) is 28.3 Å². The van der Waals surface area contributed by atoms with E-state index < -0.39 is 17.1 Å². The van der Waals surface area contributed by atoms with Crippen LogP contribution in [0.5, 0.6) is 0 Å². The maximum atomic E-state index is 11.2. The van der Waals surface area contributed by atoms with Crippen LogP contribution in [0.25, 0.3) is 6.08 Å². The molecule has 0 aliphatic carbocycles. The normalized spacial score (nSPS) is 12.6. The average Bonchev–Trinajstić information content (AvgIpc) is 2.24. The van der Waals surface area contributed by atoms with E-state index in [1.807, 2.05) is 0 Å². The van der Waals surface area contributed by atoms with Gasteiger partial charge in [0.2, 0.25) is 0 Å². The highest BCUT2D eigenvalue weighted by Crippen LogP contribution is 2.12. The molecule has 0 bridgehead atoms. The van der Waals surface area contributed by atoms with E-state index in [-0.39, 0.29) is 0 Å². The van der Waals surface area contributed by atoms with Crippen LogP contribution >= 0.6 is 23.2 Å². The van der Waals surface area contributed by atoms with Crippen molar-refractivity contribution in [2.45, 2.75) is 5.38 Å². The molecule has 1 unspecified atom stereocenters. The van der Waals surface area contributed by atoms with Gasteiger partial charge in [0.25, 0.3) is 0 Å². The van der Waals surface area contributed by atoms with E-state index in [0.29, 0.717) is 10.6 Å². The molecule has 5 heteroatoms. The van der Waals surface area contributed by atoms with E-state index in [1.54, 1.807) is 24.3 Å². The summed E-state index contributed by atoms with van der Waals surface area (Å²) in [6.45, 7) is 0. The molecular weight excluding hydrogens is 251 g/mol. The molecule has 0 radical (unpaired) electrons. The van der Waals surface area contributed by atoms with Crippen molar-refractivity contribution in [3.8, 4) is 0 Å². The molecule has 0 aliphatic heterocycles. The number of alkyl halides is 1. The number of carbonyl (C=O) groups excluding carboxylic acids is 1. The second-order valence-corrected chi connectivity index (χ2v) is 3.86. The topological polar surface area (TPSA) is 54.4 Å². The Balaban J connectivity index is 2.74. The Morgan fingerprint density at radius 1 is 1.38 bits per heavy atom. The molecule has 0 aliphatic rings. The molecule has 1 atom stereocenters. The number of hydrogen-bond acceptors (Lipinski definition) is 2. The maximum absolute atomic E-state index is 11.2. The van der Waals surface area contributed by atoms with Gasteiger partial charge in [-0.25, -0.2) is 0 Å². The smallest absolute Gasteiger partial charge is 0.329 e. The van der Waals surface area contributed by atoms with Crippen LogP contribution in [0.4, 0.5) is 0 Å². The molecule has 3 nitrogen and oxygen atoms in total. The summed E-state index contributed by atoms with van der Waals surface area (Å²) >= 11 is 11.1. The highest BCUT2D eigenvalue weighted by atomic mass is 35.5. The minimum absolute atomic E-state index is 0.537. The van der Waals surface area contributed by atoms with Gasteiger partial charge in [-0.1, -0.05) is 29.8 Å². The Labute approximate surface area is 102 Å². The van der Waals surface area contributed by atoms with Gasteiger partial charge in [0.15, 0.2) is 11.2 Å². The first kappa shape index (κ1) is 12.7. The van der Waals surface area contributed by atoms with Crippen molar-refractivity contribution in [2.75, 3.05) is 0 Å². The number of carboxylic acid groups (broad SMARTS) is 1. The van der Waals surface area contributed by atoms with Gasteiger partial charge in [0.1, 0.15) is 0 Å². The van der Waals surface area contributed by atoms with Gasteiger partial charge in [-0.2, -0.15) is 0 Å². The van der Waals surface area contributed by atoms with E-state index in [2.05, 4.69) is 0 Å². The molecule has 0 amide bonds. The first-order valence-electron chi connectivity index (χ1n) is 4.35. The Hall–Kier alpha value is -1.32. The lowest BCUT2D eigenvalue weighted by Gasteiger charge is -1.98. The SMILES string of the molecule is O=C(O)C(Cl)C(=O)C=Cc1cccc(Cl)c1. The molecule has 0 heterocycles. The van der Waals surface area contributed by atoms with E-state index in [1.165, 1.54) is 6.08 Å². The first-order chi connectivity index (χ1) is 7.50. The Bertz CT molecular complexity index is 441. The zero-order valence-electron chi connectivity index (χ0n) is 8.06. The van der Waals surface area contributed by atoms with E-state index in [9.17, 15) is 9.59 Å². The number of ketones is 1. The molecular formula is C11H8Cl2O3. The Morgan fingerprint density at radius 3 is 2.62 bits per heavy atom. The summed E-state index contributed by atoms with van der Waals surface area (Å²) in [5.41, 5.74) is 0.704. The molecule has 84 valence electrons. The van der Waals surface area contributed by atoms with Gasteiger partial charge in [-0.3, -0.25) is 9.59 Å².